The van der Waals surface area contributed by atoms with E-state index >= 15 is 0 Å². The van der Waals surface area contributed by atoms with Crippen LogP contribution in [0.15, 0.2) is 84.4 Å². The largest absolute Gasteiger partial charge is 0.507 e. The Morgan fingerprint density at radius 3 is 1.95 bits per heavy atom. The highest BCUT2D eigenvalue weighted by atomic mass is 19.2. The molecule has 44 heavy (non-hydrogen) atoms. The molecular formula is C37H37F4NO2. The van der Waals surface area contributed by atoms with Crippen molar-refractivity contribution in [1.82, 2.24) is 0 Å². The molecule has 230 valence electrons. The number of hydrogen-bond donors (Lipinski definition) is 1. The predicted molar refractivity (Wildman–Crippen MR) is 169 cm³/mol. The van der Waals surface area contributed by atoms with Gasteiger partial charge in [0.15, 0.2) is 17.4 Å². The number of rotatable bonds is 9. The van der Waals surface area contributed by atoms with Crippen LogP contribution in [0.3, 0.4) is 0 Å². The van der Waals surface area contributed by atoms with Crippen LogP contribution in [0.1, 0.15) is 80.8 Å². The fourth-order valence-corrected chi connectivity index (χ4v) is 5.06. The van der Waals surface area contributed by atoms with Crippen molar-refractivity contribution < 1.29 is 27.4 Å². The van der Waals surface area contributed by atoms with Crippen LogP contribution in [-0.4, -0.2) is 17.9 Å². The third-order valence-corrected chi connectivity index (χ3v) is 8.01. The van der Waals surface area contributed by atoms with E-state index in [1.165, 1.54) is 6.08 Å². The molecule has 0 aromatic heterocycles. The maximum absolute atomic E-state index is 14.9. The van der Waals surface area contributed by atoms with Crippen LogP contribution in [-0.2, 0) is 10.8 Å². The summed E-state index contributed by atoms with van der Waals surface area (Å²) in [5, 5.41) is 11.5. The second-order valence-electron chi connectivity index (χ2n) is 12.4. The molecule has 0 heterocycles. The zero-order valence-electron chi connectivity index (χ0n) is 25.8. The molecule has 0 aliphatic rings. The third kappa shape index (κ3) is 6.42. The van der Waals surface area contributed by atoms with Crippen molar-refractivity contribution in [2.24, 2.45) is 4.99 Å². The number of aromatic hydroxyl groups is 1. The molecule has 0 bridgehead atoms. The molecule has 0 spiro atoms. The number of benzene rings is 4. The van der Waals surface area contributed by atoms with Crippen LogP contribution in [0.4, 0.5) is 23.2 Å². The van der Waals surface area contributed by atoms with Crippen molar-refractivity contribution in [2.75, 3.05) is 6.61 Å². The van der Waals surface area contributed by atoms with Gasteiger partial charge in [-0.1, -0.05) is 115 Å². The standard InChI is InChI=1S/C37H37F4NO2/c1-8-18-44-35-31(40)29(38)33(30(39)32(35)41)42-21-24-19-27(37(6,7)26-12-10-9-11-13-26)20-28(34(24)43)22(2)23-14-16-25(17-15-23)36(3,4)5/h8-17,19-22,43H,1,18H2,2-7H3. The highest BCUT2D eigenvalue weighted by Gasteiger charge is 2.29. The maximum atomic E-state index is 14.9. The van der Waals surface area contributed by atoms with E-state index in [4.69, 9.17) is 4.74 Å². The first-order valence-electron chi connectivity index (χ1n) is 14.4. The van der Waals surface area contributed by atoms with Gasteiger partial charge in [-0.15, -0.1) is 0 Å². The molecule has 0 aliphatic carbocycles. The fraction of sp³-hybridized carbons (Fsp3) is 0.270. The van der Waals surface area contributed by atoms with E-state index in [1.54, 1.807) is 6.07 Å². The molecule has 0 fully saturated rings. The van der Waals surface area contributed by atoms with Gasteiger partial charge < -0.3 is 9.84 Å². The third-order valence-electron chi connectivity index (χ3n) is 8.01. The second kappa shape index (κ2) is 12.7. The number of hydrogen-bond acceptors (Lipinski definition) is 3. The SMILES string of the molecule is C=CCOc1c(F)c(F)c(N=Cc2cc(C(C)(C)c3ccccc3)cc(C(C)c3ccc(C(C)(C)C)cc3)c2O)c(F)c1F. The van der Waals surface area contributed by atoms with E-state index in [2.05, 4.69) is 44.5 Å². The molecule has 3 nitrogen and oxygen atoms in total. The smallest absolute Gasteiger partial charge is 0.206 e. The van der Waals surface area contributed by atoms with Gasteiger partial charge in [0.25, 0.3) is 0 Å². The van der Waals surface area contributed by atoms with Gasteiger partial charge in [-0.25, -0.2) is 13.8 Å². The highest BCUT2D eigenvalue weighted by Crippen LogP contribution is 2.41. The molecule has 4 aromatic carbocycles. The highest BCUT2D eigenvalue weighted by molar-refractivity contribution is 5.87. The Hall–Kier alpha value is -4.39. The zero-order chi connectivity index (χ0) is 32.4. The van der Waals surface area contributed by atoms with Gasteiger partial charge in [0.05, 0.1) is 0 Å². The maximum Gasteiger partial charge on any atom is 0.206 e. The lowest BCUT2D eigenvalue weighted by Crippen LogP contribution is -2.20. The van der Waals surface area contributed by atoms with E-state index in [0.29, 0.717) is 5.56 Å². The van der Waals surface area contributed by atoms with Crippen molar-refractivity contribution in [3.05, 3.63) is 136 Å². The number of aliphatic imine (C=N–C) groups is 1. The monoisotopic (exact) mass is 603 g/mol. The Labute approximate surface area is 256 Å². The molecule has 7 heteroatoms. The molecule has 1 unspecified atom stereocenters. The molecule has 0 radical (unpaired) electrons. The van der Waals surface area contributed by atoms with Gasteiger partial charge in [-0.3, -0.25) is 0 Å². The average molecular weight is 604 g/mol. The molecule has 0 amide bonds. The van der Waals surface area contributed by atoms with Crippen molar-refractivity contribution >= 4 is 11.9 Å². The first-order chi connectivity index (χ1) is 20.7. The van der Waals surface area contributed by atoms with E-state index < -0.39 is 40.1 Å². The lowest BCUT2D eigenvalue weighted by molar-refractivity contribution is 0.303. The van der Waals surface area contributed by atoms with Crippen molar-refractivity contribution in [2.45, 2.75) is 58.3 Å². The van der Waals surface area contributed by atoms with Gasteiger partial charge in [0.2, 0.25) is 11.6 Å². The van der Waals surface area contributed by atoms with Crippen LogP contribution >= 0.6 is 0 Å². The number of phenolic OH excluding ortho intramolecular Hbond substituents is 1. The summed E-state index contributed by atoms with van der Waals surface area (Å²) in [4.78, 5) is 3.80. The summed E-state index contributed by atoms with van der Waals surface area (Å²) < 4.78 is 63.9. The van der Waals surface area contributed by atoms with E-state index in [1.807, 2.05) is 69.3 Å². The van der Waals surface area contributed by atoms with Gasteiger partial charge in [-0.2, -0.15) is 8.78 Å². The molecule has 4 aromatic rings. The normalized spacial score (nSPS) is 12.9. The van der Waals surface area contributed by atoms with Crippen LogP contribution in [0.5, 0.6) is 11.5 Å². The Morgan fingerprint density at radius 2 is 1.41 bits per heavy atom. The zero-order valence-corrected chi connectivity index (χ0v) is 25.8. The van der Waals surface area contributed by atoms with Crippen LogP contribution in [0.25, 0.3) is 0 Å². The summed E-state index contributed by atoms with van der Waals surface area (Å²) >= 11 is 0. The Bertz CT molecular complexity index is 1660. The van der Waals surface area contributed by atoms with Crippen molar-refractivity contribution in [3.8, 4) is 11.5 Å². The summed E-state index contributed by atoms with van der Waals surface area (Å²) in [5.41, 5.74) is 2.82. The molecule has 0 saturated carbocycles. The first-order valence-corrected chi connectivity index (χ1v) is 14.4. The quantitative estimate of drug-likeness (QED) is 0.0895. The topological polar surface area (TPSA) is 41.8 Å². The van der Waals surface area contributed by atoms with Gasteiger partial charge in [0.1, 0.15) is 18.0 Å². The van der Waals surface area contributed by atoms with E-state index in [9.17, 15) is 22.7 Å². The minimum Gasteiger partial charge on any atom is -0.507 e. The molecule has 1 atom stereocenters. The first kappa shape index (κ1) is 32.5. The molecule has 4 rings (SSSR count). The van der Waals surface area contributed by atoms with Crippen molar-refractivity contribution in [3.63, 3.8) is 0 Å². The molecule has 1 N–H and O–H groups in total. The summed E-state index contributed by atoms with van der Waals surface area (Å²) in [6.07, 6.45) is 2.20. The summed E-state index contributed by atoms with van der Waals surface area (Å²) in [6.45, 7) is 15.4. The summed E-state index contributed by atoms with van der Waals surface area (Å²) in [6, 6.07) is 21.5. The minimum absolute atomic E-state index is 0.0351. The van der Waals surface area contributed by atoms with Gasteiger partial charge in [0, 0.05) is 28.7 Å². The molecular weight excluding hydrogens is 566 g/mol. The number of nitrogens with zero attached hydrogens (tertiary/aromatic N) is 1. The number of ether oxygens (including phenoxy) is 1. The lowest BCUT2D eigenvalue weighted by Gasteiger charge is -2.29. The Kier molecular flexibility index (Phi) is 9.38. The predicted octanol–water partition coefficient (Wildman–Crippen LogP) is 10.0. The van der Waals surface area contributed by atoms with E-state index in [0.717, 1.165) is 28.5 Å². The number of phenols is 1. The Morgan fingerprint density at radius 1 is 0.818 bits per heavy atom. The van der Waals surface area contributed by atoms with Crippen LogP contribution in [0.2, 0.25) is 0 Å². The van der Waals surface area contributed by atoms with Crippen LogP contribution in [0, 0.1) is 23.3 Å². The summed E-state index contributed by atoms with van der Waals surface area (Å²) in [7, 11) is 0. The average Bonchev–Trinajstić information content (AvgIpc) is 3.00. The molecule has 0 aliphatic heterocycles. The Balaban J connectivity index is 1.87. The summed E-state index contributed by atoms with van der Waals surface area (Å²) in [5.74, 6) is -8.50. The van der Waals surface area contributed by atoms with Gasteiger partial charge in [-0.05, 0) is 33.7 Å². The van der Waals surface area contributed by atoms with Gasteiger partial charge >= 0.3 is 0 Å². The van der Waals surface area contributed by atoms with Crippen LogP contribution < -0.4 is 4.74 Å². The second-order valence-corrected chi connectivity index (χ2v) is 12.4. The molecule has 0 saturated heterocycles. The fourth-order valence-electron chi connectivity index (χ4n) is 5.06. The van der Waals surface area contributed by atoms with E-state index in [-0.39, 0.29) is 29.3 Å². The number of halogens is 4. The van der Waals surface area contributed by atoms with Crippen molar-refractivity contribution in [1.29, 1.82) is 0 Å². The minimum atomic E-state index is -1.72. The lowest BCUT2D eigenvalue weighted by atomic mass is 9.75.